The van der Waals surface area contributed by atoms with Crippen LogP contribution in [-0.2, 0) is 9.53 Å². The van der Waals surface area contributed by atoms with Crippen LogP contribution in [0.25, 0.3) is 0 Å². The van der Waals surface area contributed by atoms with E-state index in [1.165, 1.54) is 19.1 Å². The van der Waals surface area contributed by atoms with Crippen LogP contribution in [0.4, 0.5) is 5.69 Å². The van der Waals surface area contributed by atoms with Gasteiger partial charge < -0.3 is 9.64 Å². The van der Waals surface area contributed by atoms with Crippen LogP contribution in [0.15, 0.2) is 22.7 Å². The summed E-state index contributed by atoms with van der Waals surface area (Å²) in [6.45, 7) is 2.85. The number of nitrogens with zero attached hydrogens (tertiary/aromatic N) is 2. The third-order valence-electron chi connectivity index (χ3n) is 3.43. The van der Waals surface area contributed by atoms with Crippen LogP contribution in [0.5, 0.6) is 0 Å². The molecule has 1 aliphatic rings. The molecule has 0 N–H and O–H groups in total. The molecule has 0 aliphatic carbocycles. The zero-order chi connectivity index (χ0) is 16.3. The molecule has 0 unspecified atom stereocenters. The number of halogens is 1. The maximum Gasteiger partial charge on any atom is 0.339 e. The number of nitro groups is 1. The van der Waals surface area contributed by atoms with E-state index in [4.69, 9.17) is 4.74 Å². The second kappa shape index (κ2) is 6.87. The lowest BCUT2D eigenvalue weighted by Crippen LogP contribution is -2.38. The number of hydrogen-bond acceptors (Lipinski definition) is 5. The topological polar surface area (TPSA) is 89.7 Å². The summed E-state index contributed by atoms with van der Waals surface area (Å²) >= 11 is 3.04. The molecule has 1 aromatic carbocycles. The van der Waals surface area contributed by atoms with Gasteiger partial charge in [-0.3, -0.25) is 14.9 Å². The quantitative estimate of drug-likeness (QED) is 0.461. The first-order valence-corrected chi connectivity index (χ1v) is 7.63. The van der Waals surface area contributed by atoms with Crippen LogP contribution in [0.1, 0.15) is 30.1 Å². The highest BCUT2D eigenvalue weighted by molar-refractivity contribution is 9.10. The SMILES string of the molecule is C[C@@H](OC(=O)c1ccc(Br)c([N+](=O)[O-])c1)C(=O)N1CCCC1. The Balaban J connectivity index is 2.07. The fourth-order valence-corrected chi connectivity index (χ4v) is 2.64. The first-order chi connectivity index (χ1) is 10.4. The molecule has 7 nitrogen and oxygen atoms in total. The number of esters is 1. The van der Waals surface area contributed by atoms with Crippen LogP contribution in [0.2, 0.25) is 0 Å². The second-order valence-electron chi connectivity index (χ2n) is 5.00. The lowest BCUT2D eigenvalue weighted by molar-refractivity contribution is -0.385. The summed E-state index contributed by atoms with van der Waals surface area (Å²) in [5.74, 6) is -0.992. The summed E-state index contributed by atoms with van der Waals surface area (Å²) in [5.41, 5.74) is -0.191. The van der Waals surface area contributed by atoms with E-state index in [-0.39, 0.29) is 21.6 Å². The average Bonchev–Trinajstić information content (AvgIpc) is 3.00. The van der Waals surface area contributed by atoms with E-state index in [0.717, 1.165) is 18.9 Å². The summed E-state index contributed by atoms with van der Waals surface area (Å²) < 4.78 is 5.39. The Morgan fingerprint density at radius 1 is 1.36 bits per heavy atom. The highest BCUT2D eigenvalue weighted by Gasteiger charge is 2.27. The van der Waals surface area contributed by atoms with Crippen molar-refractivity contribution in [2.45, 2.75) is 25.9 Å². The van der Waals surface area contributed by atoms with Gasteiger partial charge in [0, 0.05) is 19.2 Å². The number of likely N-dealkylation sites (tertiary alicyclic amines) is 1. The van der Waals surface area contributed by atoms with Crippen LogP contribution < -0.4 is 0 Å². The Kier molecular flexibility index (Phi) is 5.12. The van der Waals surface area contributed by atoms with Crippen LogP contribution in [0.3, 0.4) is 0 Å². The van der Waals surface area contributed by atoms with Crippen molar-refractivity contribution >= 4 is 33.5 Å². The molecule has 22 heavy (non-hydrogen) atoms. The average molecular weight is 371 g/mol. The molecule has 0 bridgehead atoms. The van der Waals surface area contributed by atoms with Crippen LogP contribution in [-0.4, -0.2) is 40.9 Å². The molecule has 1 aliphatic heterocycles. The summed E-state index contributed by atoms with van der Waals surface area (Å²) in [4.78, 5) is 36.0. The van der Waals surface area contributed by atoms with Crippen molar-refractivity contribution < 1.29 is 19.2 Å². The van der Waals surface area contributed by atoms with Crippen LogP contribution in [0, 0.1) is 10.1 Å². The van der Waals surface area contributed by atoms with Gasteiger partial charge in [0.1, 0.15) is 0 Å². The highest BCUT2D eigenvalue weighted by atomic mass is 79.9. The van der Waals surface area contributed by atoms with Gasteiger partial charge in [0.2, 0.25) is 0 Å². The van der Waals surface area contributed by atoms with Gasteiger partial charge in [-0.2, -0.15) is 0 Å². The van der Waals surface area contributed by atoms with E-state index >= 15 is 0 Å². The minimum absolute atomic E-state index is 0.0379. The van der Waals surface area contributed by atoms with E-state index < -0.39 is 17.0 Å². The van der Waals surface area contributed by atoms with Crippen molar-refractivity contribution in [2.24, 2.45) is 0 Å². The molecular formula is C14H15BrN2O5. The molecule has 0 radical (unpaired) electrons. The number of amides is 1. The minimum atomic E-state index is -0.909. The van der Waals surface area contributed by atoms with Gasteiger partial charge in [-0.1, -0.05) is 0 Å². The van der Waals surface area contributed by atoms with Gasteiger partial charge in [-0.15, -0.1) is 0 Å². The molecule has 0 aromatic heterocycles. The normalized spacial score (nSPS) is 15.5. The molecule has 1 saturated heterocycles. The van der Waals surface area contributed by atoms with E-state index in [1.54, 1.807) is 4.90 Å². The molecule has 8 heteroatoms. The maximum atomic E-state index is 12.1. The van der Waals surface area contributed by atoms with Gasteiger partial charge in [0.25, 0.3) is 11.6 Å². The van der Waals surface area contributed by atoms with Gasteiger partial charge in [-0.25, -0.2) is 4.79 Å². The smallest absolute Gasteiger partial charge is 0.339 e. The lowest BCUT2D eigenvalue weighted by Gasteiger charge is -2.20. The maximum absolute atomic E-state index is 12.1. The van der Waals surface area contributed by atoms with E-state index in [2.05, 4.69) is 15.9 Å². The largest absolute Gasteiger partial charge is 0.449 e. The molecule has 2 rings (SSSR count). The summed E-state index contributed by atoms with van der Waals surface area (Å²) in [6, 6.07) is 3.94. The molecule has 118 valence electrons. The third kappa shape index (κ3) is 3.62. The summed E-state index contributed by atoms with van der Waals surface area (Å²) in [5, 5.41) is 10.9. The van der Waals surface area contributed by atoms with Crippen molar-refractivity contribution in [2.75, 3.05) is 13.1 Å². The van der Waals surface area contributed by atoms with Crippen molar-refractivity contribution in [1.29, 1.82) is 0 Å². The number of hydrogen-bond donors (Lipinski definition) is 0. The Bertz CT molecular complexity index is 613. The summed E-state index contributed by atoms with van der Waals surface area (Å²) in [7, 11) is 0. The first-order valence-electron chi connectivity index (χ1n) is 6.84. The van der Waals surface area contributed by atoms with Crippen molar-refractivity contribution in [3.05, 3.63) is 38.3 Å². The number of benzene rings is 1. The van der Waals surface area contributed by atoms with E-state index in [9.17, 15) is 19.7 Å². The fraction of sp³-hybridized carbons (Fsp3) is 0.429. The molecule has 0 saturated carbocycles. The Hall–Kier alpha value is -1.96. The molecule has 1 atom stereocenters. The Labute approximate surface area is 135 Å². The standard InChI is InChI=1S/C14H15BrN2O5/c1-9(13(18)16-6-2-3-7-16)22-14(19)10-4-5-11(15)12(8-10)17(20)21/h4-5,8-9H,2-3,6-7H2,1H3/t9-/m1/s1. The van der Waals surface area contributed by atoms with Gasteiger partial charge in [-0.05, 0) is 47.8 Å². The van der Waals surface area contributed by atoms with Gasteiger partial charge in [0.15, 0.2) is 6.10 Å². The monoisotopic (exact) mass is 370 g/mol. The Morgan fingerprint density at radius 3 is 2.59 bits per heavy atom. The molecular weight excluding hydrogens is 356 g/mol. The predicted molar refractivity (Wildman–Crippen MR) is 81.5 cm³/mol. The van der Waals surface area contributed by atoms with E-state index in [1.807, 2.05) is 0 Å². The fourth-order valence-electron chi connectivity index (χ4n) is 2.25. The molecule has 1 amide bonds. The van der Waals surface area contributed by atoms with Crippen molar-refractivity contribution in [1.82, 2.24) is 4.90 Å². The molecule has 1 aromatic rings. The zero-order valence-electron chi connectivity index (χ0n) is 12.0. The number of carbonyl (C=O) groups is 2. The lowest BCUT2D eigenvalue weighted by atomic mass is 10.2. The van der Waals surface area contributed by atoms with Gasteiger partial charge >= 0.3 is 5.97 Å². The molecule has 1 heterocycles. The van der Waals surface area contributed by atoms with E-state index in [0.29, 0.717) is 13.1 Å². The second-order valence-corrected chi connectivity index (χ2v) is 5.86. The molecule has 0 spiro atoms. The zero-order valence-corrected chi connectivity index (χ0v) is 13.5. The first kappa shape index (κ1) is 16.4. The highest BCUT2D eigenvalue weighted by Crippen LogP contribution is 2.26. The number of rotatable bonds is 4. The summed E-state index contributed by atoms with van der Waals surface area (Å²) in [6.07, 6.45) is 0.990. The van der Waals surface area contributed by atoms with Gasteiger partial charge in [0.05, 0.1) is 15.0 Å². The predicted octanol–water partition coefficient (Wildman–Crippen LogP) is 2.53. The minimum Gasteiger partial charge on any atom is -0.449 e. The number of ether oxygens (including phenoxy) is 1. The Morgan fingerprint density at radius 2 is 2.00 bits per heavy atom. The van der Waals surface area contributed by atoms with Crippen LogP contribution >= 0.6 is 15.9 Å². The van der Waals surface area contributed by atoms with Crippen molar-refractivity contribution in [3.8, 4) is 0 Å². The number of nitro benzene ring substituents is 1. The number of carbonyl (C=O) groups excluding carboxylic acids is 2. The van der Waals surface area contributed by atoms with Crippen molar-refractivity contribution in [3.63, 3.8) is 0 Å². The third-order valence-corrected chi connectivity index (χ3v) is 4.10. The molecule has 1 fully saturated rings.